The maximum Gasteiger partial charge on any atom is 0.103 e. The molecule has 0 unspecified atom stereocenters. The number of nitrogens with one attached hydrogen (secondary N) is 3. The number of quaternary nitrogens is 3. The van der Waals surface area contributed by atoms with Crippen LogP contribution in [0, 0.1) is 0 Å². The summed E-state index contributed by atoms with van der Waals surface area (Å²) in [5, 5.41) is 0. The second-order valence-corrected chi connectivity index (χ2v) is 10.1. The number of piperazine rings is 1. The number of hydrogen-bond acceptors (Lipinski definition) is 1. The van der Waals surface area contributed by atoms with Crippen molar-refractivity contribution in [3.05, 3.63) is 66.2 Å². The lowest BCUT2D eigenvalue weighted by molar-refractivity contribution is -0.983. The standard InChI is InChI=1S/C27H38N4/c1-3-7-24(8-4-1)23-28-15-11-26(12-16-28)29-17-13-27(14-18-29)31-21-19-30(20-22-31)25-9-5-2-6-10-25/h1-10,26-27H,11-23H2/p+3. The maximum atomic E-state index is 2.58. The second-order valence-electron chi connectivity index (χ2n) is 10.1. The molecule has 0 saturated carbocycles. The lowest BCUT2D eigenvalue weighted by Crippen LogP contribution is -3.24. The minimum atomic E-state index is 0.908. The number of piperidine rings is 2. The van der Waals surface area contributed by atoms with Gasteiger partial charge in [-0.15, -0.1) is 0 Å². The fourth-order valence-corrected chi connectivity index (χ4v) is 6.40. The normalized spacial score (nSPS) is 30.3. The van der Waals surface area contributed by atoms with Gasteiger partial charge in [0.25, 0.3) is 0 Å². The van der Waals surface area contributed by atoms with E-state index in [-0.39, 0.29) is 0 Å². The van der Waals surface area contributed by atoms with E-state index in [0.717, 1.165) is 12.1 Å². The zero-order valence-corrected chi connectivity index (χ0v) is 19.1. The van der Waals surface area contributed by atoms with E-state index in [4.69, 9.17) is 0 Å². The Hall–Kier alpha value is -1.88. The minimum Gasteiger partial charge on any atom is -0.360 e. The van der Waals surface area contributed by atoms with Crippen molar-refractivity contribution in [3.8, 4) is 0 Å². The third kappa shape index (κ3) is 5.31. The van der Waals surface area contributed by atoms with Crippen LogP contribution in [0.25, 0.3) is 0 Å². The molecule has 3 fully saturated rings. The Morgan fingerprint density at radius 3 is 1.74 bits per heavy atom. The van der Waals surface area contributed by atoms with Crippen LogP contribution in [0.3, 0.4) is 0 Å². The summed E-state index contributed by atoms with van der Waals surface area (Å²) in [7, 11) is 0. The summed E-state index contributed by atoms with van der Waals surface area (Å²) >= 11 is 0. The molecule has 3 saturated heterocycles. The van der Waals surface area contributed by atoms with Crippen molar-refractivity contribution in [2.75, 3.05) is 57.3 Å². The first-order chi connectivity index (χ1) is 15.3. The van der Waals surface area contributed by atoms with Gasteiger partial charge in [0.2, 0.25) is 0 Å². The third-order valence-corrected chi connectivity index (χ3v) is 8.30. The van der Waals surface area contributed by atoms with Crippen LogP contribution >= 0.6 is 0 Å². The predicted octanol–water partition coefficient (Wildman–Crippen LogP) is -0.314. The number of likely N-dealkylation sites (tertiary alicyclic amines) is 2. The molecule has 3 N–H and O–H groups in total. The molecule has 0 bridgehead atoms. The van der Waals surface area contributed by atoms with Gasteiger partial charge in [0.1, 0.15) is 6.54 Å². The first kappa shape index (κ1) is 21.0. The lowest BCUT2D eigenvalue weighted by atomic mass is 9.96. The van der Waals surface area contributed by atoms with Crippen molar-refractivity contribution in [1.82, 2.24) is 0 Å². The smallest absolute Gasteiger partial charge is 0.103 e. The highest BCUT2D eigenvalue weighted by Crippen LogP contribution is 2.13. The van der Waals surface area contributed by atoms with Gasteiger partial charge in [0.15, 0.2) is 0 Å². The van der Waals surface area contributed by atoms with Gasteiger partial charge < -0.3 is 19.6 Å². The molecular formula is C27H41N4+3. The zero-order valence-electron chi connectivity index (χ0n) is 19.1. The molecule has 2 aromatic carbocycles. The van der Waals surface area contributed by atoms with Crippen molar-refractivity contribution in [2.24, 2.45) is 0 Å². The van der Waals surface area contributed by atoms with Crippen LogP contribution in [0.2, 0.25) is 0 Å². The Morgan fingerprint density at radius 1 is 0.613 bits per heavy atom. The Morgan fingerprint density at radius 2 is 1.13 bits per heavy atom. The molecule has 0 aromatic heterocycles. The summed E-state index contributed by atoms with van der Waals surface area (Å²) in [6, 6.07) is 23.9. The van der Waals surface area contributed by atoms with Gasteiger partial charge in [-0.3, -0.25) is 0 Å². The average Bonchev–Trinajstić information content (AvgIpc) is 2.86. The Kier molecular flexibility index (Phi) is 6.88. The van der Waals surface area contributed by atoms with E-state index in [1.165, 1.54) is 95.8 Å². The number of para-hydroxylation sites is 1. The number of benzene rings is 2. The monoisotopic (exact) mass is 421 g/mol. The summed E-state index contributed by atoms with van der Waals surface area (Å²) in [6.07, 6.45) is 5.72. The van der Waals surface area contributed by atoms with E-state index in [1.807, 2.05) is 9.80 Å². The van der Waals surface area contributed by atoms with E-state index in [1.54, 1.807) is 4.90 Å². The summed E-state index contributed by atoms with van der Waals surface area (Å²) in [5.41, 5.74) is 2.90. The van der Waals surface area contributed by atoms with Crippen molar-refractivity contribution in [3.63, 3.8) is 0 Å². The second kappa shape index (κ2) is 10.2. The minimum absolute atomic E-state index is 0.908. The Bertz CT molecular complexity index is 771. The summed E-state index contributed by atoms with van der Waals surface area (Å²) < 4.78 is 0. The molecule has 0 aliphatic carbocycles. The molecule has 3 heterocycles. The molecule has 2 aromatic rings. The molecule has 166 valence electrons. The molecule has 4 nitrogen and oxygen atoms in total. The molecular weight excluding hydrogens is 380 g/mol. The van der Waals surface area contributed by atoms with Crippen molar-refractivity contribution in [2.45, 2.75) is 44.3 Å². The fraction of sp³-hybridized carbons (Fsp3) is 0.556. The van der Waals surface area contributed by atoms with Crippen LogP contribution in [0.5, 0.6) is 0 Å². The van der Waals surface area contributed by atoms with Crippen LogP contribution in [0.15, 0.2) is 60.7 Å². The molecule has 5 rings (SSSR count). The summed E-state index contributed by atoms with van der Waals surface area (Å²) in [5.74, 6) is 0. The first-order valence-electron chi connectivity index (χ1n) is 12.7. The van der Waals surface area contributed by atoms with Crippen LogP contribution in [0.4, 0.5) is 5.69 Å². The van der Waals surface area contributed by atoms with E-state index >= 15 is 0 Å². The average molecular weight is 422 g/mol. The van der Waals surface area contributed by atoms with Gasteiger partial charge in [0.05, 0.1) is 64.4 Å². The van der Waals surface area contributed by atoms with Crippen molar-refractivity contribution >= 4 is 5.69 Å². The lowest BCUT2D eigenvalue weighted by Gasteiger charge is -2.42. The van der Waals surface area contributed by atoms with Crippen LogP contribution in [-0.4, -0.2) is 64.4 Å². The van der Waals surface area contributed by atoms with Gasteiger partial charge in [-0.25, -0.2) is 0 Å². The summed E-state index contributed by atoms with van der Waals surface area (Å²) in [4.78, 5) is 8.18. The number of anilines is 1. The zero-order chi connectivity index (χ0) is 20.9. The molecule has 3 aliphatic rings. The largest absolute Gasteiger partial charge is 0.360 e. The number of rotatable bonds is 5. The fourth-order valence-electron chi connectivity index (χ4n) is 6.40. The molecule has 3 aliphatic heterocycles. The Labute approximate surface area is 188 Å². The van der Waals surface area contributed by atoms with Gasteiger partial charge in [0, 0.05) is 36.9 Å². The highest BCUT2D eigenvalue weighted by atomic mass is 15.3. The van der Waals surface area contributed by atoms with Crippen molar-refractivity contribution in [1.29, 1.82) is 0 Å². The molecule has 31 heavy (non-hydrogen) atoms. The van der Waals surface area contributed by atoms with Crippen LogP contribution in [-0.2, 0) is 6.54 Å². The van der Waals surface area contributed by atoms with Crippen molar-refractivity contribution < 1.29 is 14.7 Å². The summed E-state index contributed by atoms with van der Waals surface area (Å²) in [6.45, 7) is 11.8. The molecule has 0 radical (unpaired) electrons. The van der Waals surface area contributed by atoms with Gasteiger partial charge in [-0.2, -0.15) is 0 Å². The topological polar surface area (TPSA) is 16.6 Å². The quantitative estimate of drug-likeness (QED) is 0.604. The van der Waals surface area contributed by atoms with E-state index in [2.05, 4.69) is 65.6 Å². The van der Waals surface area contributed by atoms with Crippen LogP contribution in [0.1, 0.15) is 31.2 Å². The Balaban J connectivity index is 1.03. The number of hydrogen-bond donors (Lipinski definition) is 3. The molecule has 4 heteroatoms. The maximum absolute atomic E-state index is 2.58. The SMILES string of the molecule is c1ccc(C[NH+]2CCC([NH+]3CCC([NH+]4CCN(c5ccccc5)CC4)CC3)CC2)cc1. The highest BCUT2D eigenvalue weighted by molar-refractivity contribution is 5.46. The van der Waals surface area contributed by atoms with E-state index in [0.29, 0.717) is 0 Å². The first-order valence-corrected chi connectivity index (χ1v) is 12.7. The predicted molar refractivity (Wildman–Crippen MR) is 127 cm³/mol. The van der Waals surface area contributed by atoms with Gasteiger partial charge in [-0.1, -0.05) is 48.5 Å². The van der Waals surface area contributed by atoms with Crippen LogP contribution < -0.4 is 19.6 Å². The highest BCUT2D eigenvalue weighted by Gasteiger charge is 2.36. The van der Waals surface area contributed by atoms with E-state index in [9.17, 15) is 0 Å². The number of nitrogens with zero attached hydrogens (tertiary/aromatic N) is 1. The molecule has 0 amide bonds. The molecule has 0 atom stereocenters. The third-order valence-electron chi connectivity index (χ3n) is 8.30. The van der Waals surface area contributed by atoms with Gasteiger partial charge in [-0.05, 0) is 12.1 Å². The van der Waals surface area contributed by atoms with Gasteiger partial charge >= 0.3 is 0 Å². The van der Waals surface area contributed by atoms with E-state index < -0.39 is 0 Å². The molecule has 0 spiro atoms.